The SMILES string of the molecule is CC(C)CNC(CO)CC(C)c1ccccc1. The number of hydrogen-bond donors (Lipinski definition) is 2. The van der Waals surface area contributed by atoms with Crippen LogP contribution in [0.2, 0.25) is 0 Å². The lowest BCUT2D eigenvalue weighted by atomic mass is 9.94. The summed E-state index contributed by atoms with van der Waals surface area (Å²) < 4.78 is 0. The van der Waals surface area contributed by atoms with Crippen molar-refractivity contribution in [2.75, 3.05) is 13.2 Å². The molecule has 0 aliphatic heterocycles. The van der Waals surface area contributed by atoms with Gasteiger partial charge in [0.05, 0.1) is 6.61 Å². The summed E-state index contributed by atoms with van der Waals surface area (Å²) in [5.74, 6) is 1.10. The zero-order valence-corrected chi connectivity index (χ0v) is 11.2. The third kappa shape index (κ3) is 5.33. The quantitative estimate of drug-likeness (QED) is 0.761. The Kier molecular flexibility index (Phi) is 6.23. The molecular formula is C15H25NO. The van der Waals surface area contributed by atoms with Crippen LogP contribution in [0.3, 0.4) is 0 Å². The fourth-order valence-corrected chi connectivity index (χ4v) is 1.97. The number of rotatable bonds is 7. The Bertz CT molecular complexity index is 297. The number of aliphatic hydroxyl groups excluding tert-OH is 1. The highest BCUT2D eigenvalue weighted by Crippen LogP contribution is 2.20. The standard InChI is InChI=1S/C15H25NO/c1-12(2)10-16-15(11-17)9-13(3)14-7-5-4-6-8-14/h4-8,12-13,15-17H,9-11H2,1-3H3. The van der Waals surface area contributed by atoms with Crippen molar-refractivity contribution in [1.29, 1.82) is 0 Å². The van der Waals surface area contributed by atoms with Gasteiger partial charge in [-0.2, -0.15) is 0 Å². The molecule has 0 saturated heterocycles. The number of nitrogens with one attached hydrogen (secondary N) is 1. The third-order valence-corrected chi connectivity index (χ3v) is 3.04. The van der Waals surface area contributed by atoms with E-state index in [9.17, 15) is 5.11 Å². The molecule has 0 amide bonds. The second kappa shape index (κ2) is 7.46. The predicted molar refractivity (Wildman–Crippen MR) is 73.2 cm³/mol. The third-order valence-electron chi connectivity index (χ3n) is 3.04. The summed E-state index contributed by atoms with van der Waals surface area (Å²) in [7, 11) is 0. The van der Waals surface area contributed by atoms with Crippen molar-refractivity contribution in [1.82, 2.24) is 5.32 Å². The Morgan fingerprint density at radius 1 is 1.12 bits per heavy atom. The van der Waals surface area contributed by atoms with Crippen LogP contribution in [0, 0.1) is 5.92 Å². The van der Waals surface area contributed by atoms with Crippen molar-refractivity contribution in [3.63, 3.8) is 0 Å². The summed E-state index contributed by atoms with van der Waals surface area (Å²) in [5.41, 5.74) is 1.34. The first-order valence-corrected chi connectivity index (χ1v) is 6.52. The van der Waals surface area contributed by atoms with Crippen molar-refractivity contribution >= 4 is 0 Å². The van der Waals surface area contributed by atoms with E-state index in [1.165, 1.54) is 5.56 Å². The number of hydrogen-bond acceptors (Lipinski definition) is 2. The van der Waals surface area contributed by atoms with Crippen LogP contribution >= 0.6 is 0 Å². The first-order valence-electron chi connectivity index (χ1n) is 6.52. The van der Waals surface area contributed by atoms with E-state index >= 15 is 0 Å². The van der Waals surface area contributed by atoms with Gasteiger partial charge >= 0.3 is 0 Å². The molecule has 1 aromatic carbocycles. The molecule has 0 aromatic heterocycles. The van der Waals surface area contributed by atoms with Crippen LogP contribution in [0.1, 0.15) is 38.7 Å². The summed E-state index contributed by atoms with van der Waals surface area (Å²) in [6.45, 7) is 7.76. The molecule has 0 aliphatic rings. The smallest absolute Gasteiger partial charge is 0.0584 e. The Labute approximate surface area is 105 Å². The maximum Gasteiger partial charge on any atom is 0.0584 e. The molecule has 0 radical (unpaired) electrons. The predicted octanol–water partition coefficient (Wildman–Crippen LogP) is 2.79. The highest BCUT2D eigenvalue weighted by molar-refractivity contribution is 5.18. The molecule has 1 aromatic rings. The lowest BCUT2D eigenvalue weighted by molar-refractivity contribution is 0.227. The van der Waals surface area contributed by atoms with Crippen molar-refractivity contribution in [2.45, 2.75) is 39.2 Å². The van der Waals surface area contributed by atoms with Crippen LogP contribution in [0.25, 0.3) is 0 Å². The molecule has 2 nitrogen and oxygen atoms in total. The maximum absolute atomic E-state index is 9.37. The molecule has 2 N–H and O–H groups in total. The molecule has 0 heterocycles. The lowest BCUT2D eigenvalue weighted by Gasteiger charge is -2.21. The van der Waals surface area contributed by atoms with E-state index in [0.29, 0.717) is 11.8 Å². The molecule has 2 heteroatoms. The van der Waals surface area contributed by atoms with Crippen molar-refractivity contribution in [2.24, 2.45) is 5.92 Å². The van der Waals surface area contributed by atoms with E-state index in [1.54, 1.807) is 0 Å². The van der Waals surface area contributed by atoms with Gasteiger partial charge in [-0.3, -0.25) is 0 Å². The number of aliphatic hydroxyl groups is 1. The second-order valence-electron chi connectivity index (χ2n) is 5.23. The van der Waals surface area contributed by atoms with Gasteiger partial charge in [0.1, 0.15) is 0 Å². The number of benzene rings is 1. The molecule has 17 heavy (non-hydrogen) atoms. The molecule has 0 fully saturated rings. The fourth-order valence-electron chi connectivity index (χ4n) is 1.97. The maximum atomic E-state index is 9.37. The summed E-state index contributed by atoms with van der Waals surface area (Å²) in [4.78, 5) is 0. The average molecular weight is 235 g/mol. The van der Waals surface area contributed by atoms with Crippen molar-refractivity contribution < 1.29 is 5.11 Å². The van der Waals surface area contributed by atoms with Gasteiger partial charge in [-0.25, -0.2) is 0 Å². The van der Waals surface area contributed by atoms with E-state index < -0.39 is 0 Å². The molecule has 96 valence electrons. The Hall–Kier alpha value is -0.860. The summed E-state index contributed by atoms with van der Waals surface area (Å²) in [5, 5.41) is 12.8. The largest absolute Gasteiger partial charge is 0.395 e. The van der Waals surface area contributed by atoms with E-state index in [4.69, 9.17) is 0 Å². The summed E-state index contributed by atoms with van der Waals surface area (Å²) in [6, 6.07) is 10.7. The van der Waals surface area contributed by atoms with Gasteiger partial charge in [0.15, 0.2) is 0 Å². The molecule has 0 aliphatic carbocycles. The summed E-state index contributed by atoms with van der Waals surface area (Å²) >= 11 is 0. The minimum atomic E-state index is 0.201. The van der Waals surface area contributed by atoms with E-state index in [1.807, 2.05) is 6.07 Å². The van der Waals surface area contributed by atoms with Gasteiger partial charge in [-0.15, -0.1) is 0 Å². The monoisotopic (exact) mass is 235 g/mol. The molecule has 0 saturated carbocycles. The van der Waals surface area contributed by atoms with Crippen LogP contribution < -0.4 is 5.32 Å². The van der Waals surface area contributed by atoms with E-state index in [-0.39, 0.29) is 12.6 Å². The zero-order chi connectivity index (χ0) is 12.7. The van der Waals surface area contributed by atoms with Gasteiger partial charge in [-0.1, -0.05) is 51.1 Å². The molecular weight excluding hydrogens is 210 g/mol. The van der Waals surface area contributed by atoms with Crippen LogP contribution in [0.4, 0.5) is 0 Å². The van der Waals surface area contributed by atoms with Crippen LogP contribution in [0.5, 0.6) is 0 Å². The first kappa shape index (κ1) is 14.2. The normalized spacial score (nSPS) is 14.9. The molecule has 0 bridgehead atoms. The highest BCUT2D eigenvalue weighted by Gasteiger charge is 2.13. The first-order chi connectivity index (χ1) is 8.13. The Balaban J connectivity index is 2.45. The minimum Gasteiger partial charge on any atom is -0.395 e. The Morgan fingerprint density at radius 2 is 1.76 bits per heavy atom. The summed E-state index contributed by atoms with van der Waals surface area (Å²) in [6.07, 6.45) is 0.979. The van der Waals surface area contributed by atoms with Crippen LogP contribution in [0.15, 0.2) is 30.3 Å². The van der Waals surface area contributed by atoms with Crippen molar-refractivity contribution in [3.05, 3.63) is 35.9 Å². The van der Waals surface area contributed by atoms with Gasteiger partial charge < -0.3 is 10.4 Å². The van der Waals surface area contributed by atoms with Crippen LogP contribution in [-0.4, -0.2) is 24.3 Å². The van der Waals surface area contributed by atoms with Gasteiger partial charge in [0.2, 0.25) is 0 Å². The average Bonchev–Trinajstić information content (AvgIpc) is 2.35. The lowest BCUT2D eigenvalue weighted by Crippen LogP contribution is -2.36. The minimum absolute atomic E-state index is 0.201. The molecule has 1 rings (SSSR count). The second-order valence-corrected chi connectivity index (χ2v) is 5.23. The molecule has 2 unspecified atom stereocenters. The van der Waals surface area contributed by atoms with Gasteiger partial charge in [-0.05, 0) is 30.4 Å². The van der Waals surface area contributed by atoms with Gasteiger partial charge in [0.25, 0.3) is 0 Å². The Morgan fingerprint density at radius 3 is 2.29 bits per heavy atom. The molecule has 2 atom stereocenters. The van der Waals surface area contributed by atoms with Crippen molar-refractivity contribution in [3.8, 4) is 0 Å². The fraction of sp³-hybridized carbons (Fsp3) is 0.600. The highest BCUT2D eigenvalue weighted by atomic mass is 16.3. The van der Waals surface area contributed by atoms with Crippen LogP contribution in [-0.2, 0) is 0 Å². The molecule has 0 spiro atoms. The van der Waals surface area contributed by atoms with Gasteiger partial charge in [0, 0.05) is 6.04 Å². The van der Waals surface area contributed by atoms with E-state index in [0.717, 1.165) is 13.0 Å². The topological polar surface area (TPSA) is 32.3 Å². The zero-order valence-electron chi connectivity index (χ0n) is 11.2. The van der Waals surface area contributed by atoms with E-state index in [2.05, 4.69) is 50.4 Å².